The number of carboxylic acid groups (broad SMARTS) is 1. The summed E-state index contributed by atoms with van der Waals surface area (Å²) in [5, 5.41) is 12.6. The van der Waals surface area contributed by atoms with Crippen LogP contribution in [0, 0.1) is 5.92 Å². The molecular formula is C17H25NO4S. The van der Waals surface area contributed by atoms with E-state index in [0.717, 1.165) is 48.6 Å². The molecule has 0 atom stereocenters. The molecule has 2 N–H and O–H groups in total. The Morgan fingerprint density at radius 3 is 2.35 bits per heavy atom. The zero-order valence-electron chi connectivity index (χ0n) is 13.9. The summed E-state index contributed by atoms with van der Waals surface area (Å²) in [5.74, 6) is 0.642. The molecule has 1 aliphatic carbocycles. The number of benzene rings is 1. The Morgan fingerprint density at radius 2 is 1.83 bits per heavy atom. The SMILES string of the molecule is COc1cc(CNC2CCC(C(=O)O)CC2)c(SC)cc1OC. The minimum absolute atomic E-state index is 0.170. The number of thioether (sulfide) groups is 1. The third-order valence-electron chi connectivity index (χ3n) is 4.44. The van der Waals surface area contributed by atoms with E-state index in [2.05, 4.69) is 5.32 Å². The molecule has 1 aromatic rings. The molecule has 0 radical (unpaired) electrons. The highest BCUT2D eigenvalue weighted by molar-refractivity contribution is 7.98. The third kappa shape index (κ3) is 4.54. The zero-order chi connectivity index (χ0) is 16.8. The van der Waals surface area contributed by atoms with Crippen molar-refractivity contribution in [2.45, 2.75) is 43.2 Å². The summed E-state index contributed by atoms with van der Waals surface area (Å²) < 4.78 is 10.7. The van der Waals surface area contributed by atoms with E-state index in [1.807, 2.05) is 18.4 Å². The summed E-state index contributed by atoms with van der Waals surface area (Å²) in [6.07, 6.45) is 5.39. The lowest BCUT2D eigenvalue weighted by Gasteiger charge is -2.27. The molecule has 0 spiro atoms. The van der Waals surface area contributed by atoms with Crippen LogP contribution in [-0.4, -0.2) is 37.6 Å². The van der Waals surface area contributed by atoms with Crippen LogP contribution in [0.25, 0.3) is 0 Å². The Kier molecular flexibility index (Phi) is 6.59. The molecule has 5 nitrogen and oxygen atoms in total. The molecule has 23 heavy (non-hydrogen) atoms. The first-order chi connectivity index (χ1) is 11.1. The minimum atomic E-state index is -0.659. The minimum Gasteiger partial charge on any atom is -0.493 e. The number of hydrogen-bond donors (Lipinski definition) is 2. The highest BCUT2D eigenvalue weighted by Crippen LogP contribution is 2.35. The molecule has 1 saturated carbocycles. The van der Waals surface area contributed by atoms with Gasteiger partial charge in [-0.25, -0.2) is 0 Å². The monoisotopic (exact) mass is 339 g/mol. The Hall–Kier alpha value is -1.40. The fourth-order valence-electron chi connectivity index (χ4n) is 3.03. The van der Waals surface area contributed by atoms with Gasteiger partial charge in [-0.2, -0.15) is 0 Å². The van der Waals surface area contributed by atoms with Crippen LogP contribution in [-0.2, 0) is 11.3 Å². The Morgan fingerprint density at radius 1 is 1.22 bits per heavy atom. The summed E-state index contributed by atoms with van der Waals surface area (Å²) >= 11 is 1.68. The van der Waals surface area contributed by atoms with Gasteiger partial charge in [0.25, 0.3) is 0 Å². The van der Waals surface area contributed by atoms with E-state index in [-0.39, 0.29) is 5.92 Å². The van der Waals surface area contributed by atoms with Gasteiger partial charge in [0.2, 0.25) is 0 Å². The van der Waals surface area contributed by atoms with Crippen LogP contribution in [0.3, 0.4) is 0 Å². The van der Waals surface area contributed by atoms with Crippen molar-refractivity contribution >= 4 is 17.7 Å². The van der Waals surface area contributed by atoms with Crippen molar-refractivity contribution < 1.29 is 19.4 Å². The fraction of sp³-hybridized carbons (Fsp3) is 0.588. The van der Waals surface area contributed by atoms with Crippen LogP contribution in [0.4, 0.5) is 0 Å². The Labute approximate surface area is 141 Å². The van der Waals surface area contributed by atoms with Crippen LogP contribution in [0.1, 0.15) is 31.2 Å². The highest BCUT2D eigenvalue weighted by Gasteiger charge is 2.25. The molecule has 1 fully saturated rings. The van der Waals surface area contributed by atoms with Gasteiger partial charge < -0.3 is 19.9 Å². The van der Waals surface area contributed by atoms with Crippen molar-refractivity contribution in [3.05, 3.63) is 17.7 Å². The van der Waals surface area contributed by atoms with Crippen molar-refractivity contribution in [1.29, 1.82) is 0 Å². The number of ether oxygens (including phenoxy) is 2. The van der Waals surface area contributed by atoms with Crippen LogP contribution in [0.15, 0.2) is 17.0 Å². The predicted octanol–water partition coefficient (Wildman–Crippen LogP) is 3.16. The number of nitrogens with one attached hydrogen (secondary N) is 1. The number of rotatable bonds is 7. The molecule has 6 heteroatoms. The Balaban J connectivity index is 1.99. The number of hydrogen-bond acceptors (Lipinski definition) is 5. The van der Waals surface area contributed by atoms with Crippen LogP contribution in [0.2, 0.25) is 0 Å². The molecule has 0 unspecified atom stereocenters. The second-order valence-corrected chi connectivity index (χ2v) is 6.63. The number of methoxy groups -OCH3 is 2. The highest BCUT2D eigenvalue weighted by atomic mass is 32.2. The average Bonchev–Trinajstić information content (AvgIpc) is 2.59. The van der Waals surface area contributed by atoms with Crippen molar-refractivity contribution in [3.8, 4) is 11.5 Å². The van der Waals surface area contributed by atoms with E-state index < -0.39 is 5.97 Å². The zero-order valence-corrected chi connectivity index (χ0v) is 14.7. The lowest BCUT2D eigenvalue weighted by atomic mass is 9.86. The molecule has 0 amide bonds. The number of carboxylic acids is 1. The first kappa shape index (κ1) is 17.9. The van der Waals surface area contributed by atoms with E-state index in [1.165, 1.54) is 5.56 Å². The quantitative estimate of drug-likeness (QED) is 0.744. The first-order valence-electron chi connectivity index (χ1n) is 7.84. The maximum atomic E-state index is 11.0. The molecule has 0 aromatic heterocycles. The molecule has 0 aliphatic heterocycles. The predicted molar refractivity (Wildman–Crippen MR) is 91.5 cm³/mol. The first-order valence-corrected chi connectivity index (χ1v) is 9.06. The smallest absolute Gasteiger partial charge is 0.306 e. The summed E-state index contributed by atoms with van der Waals surface area (Å²) in [4.78, 5) is 12.2. The normalized spacial score (nSPS) is 21.0. The number of carbonyl (C=O) groups is 1. The van der Waals surface area contributed by atoms with Gasteiger partial charge in [-0.15, -0.1) is 11.8 Å². The molecule has 1 aromatic carbocycles. The van der Waals surface area contributed by atoms with E-state index in [0.29, 0.717) is 6.04 Å². The average molecular weight is 339 g/mol. The summed E-state index contributed by atoms with van der Waals surface area (Å²) in [7, 11) is 3.28. The van der Waals surface area contributed by atoms with Gasteiger partial charge in [-0.3, -0.25) is 4.79 Å². The molecule has 2 rings (SSSR count). The van der Waals surface area contributed by atoms with Crippen molar-refractivity contribution in [2.24, 2.45) is 5.92 Å². The van der Waals surface area contributed by atoms with Crippen LogP contribution >= 0.6 is 11.8 Å². The van der Waals surface area contributed by atoms with Gasteiger partial charge in [0, 0.05) is 17.5 Å². The standard InChI is InChI=1S/C17H25NO4S/c1-21-14-8-12(16(23-3)9-15(14)22-2)10-18-13-6-4-11(5-7-13)17(19)20/h8-9,11,13,18H,4-7,10H2,1-3H3,(H,19,20). The molecule has 0 saturated heterocycles. The van der Waals surface area contributed by atoms with Crippen molar-refractivity contribution in [2.75, 3.05) is 20.5 Å². The van der Waals surface area contributed by atoms with Gasteiger partial charge >= 0.3 is 5.97 Å². The summed E-state index contributed by atoms with van der Waals surface area (Å²) in [5.41, 5.74) is 1.18. The third-order valence-corrected chi connectivity index (χ3v) is 5.26. The lowest BCUT2D eigenvalue weighted by Crippen LogP contribution is -2.34. The molecule has 0 heterocycles. The van der Waals surface area contributed by atoms with Gasteiger partial charge in [-0.05, 0) is 49.6 Å². The maximum Gasteiger partial charge on any atom is 0.306 e. The van der Waals surface area contributed by atoms with Gasteiger partial charge in [-0.1, -0.05) is 0 Å². The fourth-order valence-corrected chi connectivity index (χ4v) is 3.65. The van der Waals surface area contributed by atoms with Crippen LogP contribution < -0.4 is 14.8 Å². The maximum absolute atomic E-state index is 11.0. The van der Waals surface area contributed by atoms with E-state index in [9.17, 15) is 4.79 Å². The molecule has 0 bridgehead atoms. The van der Waals surface area contributed by atoms with Gasteiger partial charge in [0.05, 0.1) is 20.1 Å². The lowest BCUT2D eigenvalue weighted by molar-refractivity contribution is -0.142. The van der Waals surface area contributed by atoms with Gasteiger partial charge in [0.1, 0.15) is 0 Å². The largest absolute Gasteiger partial charge is 0.493 e. The number of aliphatic carboxylic acids is 1. The van der Waals surface area contributed by atoms with Crippen molar-refractivity contribution in [1.82, 2.24) is 5.32 Å². The van der Waals surface area contributed by atoms with Crippen molar-refractivity contribution in [3.63, 3.8) is 0 Å². The molecule has 128 valence electrons. The van der Waals surface area contributed by atoms with Gasteiger partial charge in [0.15, 0.2) is 11.5 Å². The van der Waals surface area contributed by atoms with E-state index in [1.54, 1.807) is 26.0 Å². The topological polar surface area (TPSA) is 67.8 Å². The van der Waals surface area contributed by atoms with E-state index in [4.69, 9.17) is 14.6 Å². The summed E-state index contributed by atoms with van der Waals surface area (Å²) in [6, 6.07) is 4.40. The van der Waals surface area contributed by atoms with E-state index >= 15 is 0 Å². The summed E-state index contributed by atoms with van der Waals surface area (Å²) in [6.45, 7) is 0.749. The molecule has 1 aliphatic rings. The second-order valence-electron chi connectivity index (χ2n) is 5.79. The van der Waals surface area contributed by atoms with Crippen LogP contribution in [0.5, 0.6) is 11.5 Å². The Bertz CT molecular complexity index is 542. The molecular weight excluding hydrogens is 314 g/mol. The second kappa shape index (κ2) is 8.45.